The summed E-state index contributed by atoms with van der Waals surface area (Å²) in [5, 5.41) is 3.00. The van der Waals surface area contributed by atoms with E-state index in [0.717, 1.165) is 27.1 Å². The Balaban J connectivity index is 1.62. The van der Waals surface area contributed by atoms with Crippen molar-refractivity contribution < 1.29 is 14.3 Å². The van der Waals surface area contributed by atoms with Crippen LogP contribution in [0.15, 0.2) is 46.9 Å². The highest BCUT2D eigenvalue weighted by Gasteiger charge is 2.16. The van der Waals surface area contributed by atoms with Crippen molar-refractivity contribution in [1.82, 2.24) is 5.32 Å². The molecule has 0 saturated carbocycles. The summed E-state index contributed by atoms with van der Waals surface area (Å²) >= 11 is 3.38. The zero-order valence-corrected chi connectivity index (χ0v) is 13.7. The van der Waals surface area contributed by atoms with Gasteiger partial charge in [0, 0.05) is 4.47 Å². The third-order valence-corrected chi connectivity index (χ3v) is 4.08. The van der Waals surface area contributed by atoms with E-state index in [9.17, 15) is 4.79 Å². The normalized spacial score (nSPS) is 13.7. The molecular formula is C17H16BrNO3. The van der Waals surface area contributed by atoms with Crippen LogP contribution >= 0.6 is 15.9 Å². The molecule has 114 valence electrons. The molecule has 1 heterocycles. The Morgan fingerprint density at radius 2 is 1.91 bits per heavy atom. The first-order chi connectivity index (χ1) is 10.6. The highest BCUT2D eigenvalue weighted by atomic mass is 79.9. The van der Waals surface area contributed by atoms with Crippen LogP contribution in [-0.2, 0) is 11.2 Å². The SMILES string of the molecule is CC(NC(=O)Cc1ccc(Br)cc1)c1ccc2c(c1)OCO2. The lowest BCUT2D eigenvalue weighted by Crippen LogP contribution is -2.28. The maximum absolute atomic E-state index is 12.1. The first kappa shape index (κ1) is 14.9. The van der Waals surface area contributed by atoms with Gasteiger partial charge in [-0.25, -0.2) is 0 Å². The first-order valence-corrected chi connectivity index (χ1v) is 7.84. The molecule has 0 aromatic heterocycles. The fourth-order valence-electron chi connectivity index (χ4n) is 2.35. The van der Waals surface area contributed by atoms with Gasteiger partial charge in [0.2, 0.25) is 12.7 Å². The number of carbonyl (C=O) groups is 1. The van der Waals surface area contributed by atoms with Crippen LogP contribution in [0.5, 0.6) is 11.5 Å². The minimum atomic E-state index is -0.0857. The van der Waals surface area contributed by atoms with E-state index in [1.165, 1.54) is 0 Å². The Kier molecular flexibility index (Phi) is 4.34. The molecule has 5 heteroatoms. The van der Waals surface area contributed by atoms with Gasteiger partial charge in [0.05, 0.1) is 12.5 Å². The smallest absolute Gasteiger partial charge is 0.231 e. The van der Waals surface area contributed by atoms with Gasteiger partial charge in [0.15, 0.2) is 11.5 Å². The Bertz CT molecular complexity index is 685. The zero-order chi connectivity index (χ0) is 15.5. The maximum atomic E-state index is 12.1. The molecule has 1 aliphatic rings. The molecule has 0 spiro atoms. The number of benzene rings is 2. The molecule has 1 aliphatic heterocycles. The van der Waals surface area contributed by atoms with E-state index >= 15 is 0 Å². The summed E-state index contributed by atoms with van der Waals surface area (Å²) in [6, 6.07) is 13.4. The molecule has 1 amide bonds. The number of amides is 1. The lowest BCUT2D eigenvalue weighted by molar-refractivity contribution is -0.121. The van der Waals surface area contributed by atoms with Gasteiger partial charge in [-0.15, -0.1) is 0 Å². The molecular weight excluding hydrogens is 346 g/mol. The second-order valence-electron chi connectivity index (χ2n) is 5.21. The fraction of sp³-hybridized carbons (Fsp3) is 0.235. The lowest BCUT2D eigenvalue weighted by atomic mass is 10.1. The average molecular weight is 362 g/mol. The van der Waals surface area contributed by atoms with Gasteiger partial charge in [-0.1, -0.05) is 34.1 Å². The lowest BCUT2D eigenvalue weighted by Gasteiger charge is -2.15. The number of carbonyl (C=O) groups excluding carboxylic acids is 1. The molecule has 0 bridgehead atoms. The fourth-order valence-corrected chi connectivity index (χ4v) is 2.61. The second kappa shape index (κ2) is 6.40. The summed E-state index contributed by atoms with van der Waals surface area (Å²) in [7, 11) is 0. The van der Waals surface area contributed by atoms with E-state index in [2.05, 4.69) is 21.2 Å². The average Bonchev–Trinajstić information content (AvgIpc) is 2.97. The van der Waals surface area contributed by atoms with Crippen LogP contribution in [-0.4, -0.2) is 12.7 Å². The number of hydrogen-bond acceptors (Lipinski definition) is 3. The van der Waals surface area contributed by atoms with E-state index in [0.29, 0.717) is 6.42 Å². The van der Waals surface area contributed by atoms with Crippen LogP contribution in [0.4, 0.5) is 0 Å². The monoisotopic (exact) mass is 361 g/mol. The first-order valence-electron chi connectivity index (χ1n) is 7.05. The number of rotatable bonds is 4. The van der Waals surface area contributed by atoms with Gasteiger partial charge in [-0.3, -0.25) is 4.79 Å². The van der Waals surface area contributed by atoms with Crippen LogP contribution in [0.1, 0.15) is 24.1 Å². The van der Waals surface area contributed by atoms with Crippen molar-refractivity contribution >= 4 is 21.8 Å². The molecule has 1 unspecified atom stereocenters. The molecule has 0 saturated heterocycles. The number of halogens is 1. The molecule has 2 aromatic carbocycles. The van der Waals surface area contributed by atoms with Crippen molar-refractivity contribution in [2.45, 2.75) is 19.4 Å². The number of hydrogen-bond donors (Lipinski definition) is 1. The van der Waals surface area contributed by atoms with Crippen LogP contribution in [0.3, 0.4) is 0 Å². The Hall–Kier alpha value is -2.01. The second-order valence-corrected chi connectivity index (χ2v) is 6.12. The summed E-state index contributed by atoms with van der Waals surface area (Å²) in [6.45, 7) is 2.21. The summed E-state index contributed by atoms with van der Waals surface area (Å²) in [5.41, 5.74) is 1.98. The predicted molar refractivity (Wildman–Crippen MR) is 87.0 cm³/mol. The highest BCUT2D eigenvalue weighted by molar-refractivity contribution is 9.10. The van der Waals surface area contributed by atoms with Crippen LogP contribution in [0.25, 0.3) is 0 Å². The van der Waals surface area contributed by atoms with Crippen LogP contribution in [0, 0.1) is 0 Å². The molecule has 22 heavy (non-hydrogen) atoms. The van der Waals surface area contributed by atoms with Crippen molar-refractivity contribution in [3.05, 3.63) is 58.1 Å². The molecule has 0 fully saturated rings. The van der Waals surface area contributed by atoms with Gasteiger partial charge >= 0.3 is 0 Å². The molecule has 2 aromatic rings. The largest absolute Gasteiger partial charge is 0.454 e. The van der Waals surface area contributed by atoms with Gasteiger partial charge in [0.1, 0.15) is 0 Å². The van der Waals surface area contributed by atoms with E-state index in [-0.39, 0.29) is 18.7 Å². The van der Waals surface area contributed by atoms with Crippen molar-refractivity contribution in [2.24, 2.45) is 0 Å². The summed E-state index contributed by atoms with van der Waals surface area (Å²) in [6.07, 6.45) is 0.363. The van der Waals surface area contributed by atoms with Gasteiger partial charge in [-0.2, -0.15) is 0 Å². The van der Waals surface area contributed by atoms with Gasteiger partial charge < -0.3 is 14.8 Å². The zero-order valence-electron chi connectivity index (χ0n) is 12.1. The molecule has 4 nitrogen and oxygen atoms in total. The predicted octanol–water partition coefficient (Wildman–Crippen LogP) is 3.60. The third-order valence-electron chi connectivity index (χ3n) is 3.55. The van der Waals surface area contributed by atoms with Crippen molar-refractivity contribution in [3.8, 4) is 11.5 Å². The Morgan fingerprint density at radius 1 is 1.18 bits per heavy atom. The van der Waals surface area contributed by atoms with Gasteiger partial charge in [0.25, 0.3) is 0 Å². The van der Waals surface area contributed by atoms with E-state index in [4.69, 9.17) is 9.47 Å². The van der Waals surface area contributed by atoms with Crippen molar-refractivity contribution in [2.75, 3.05) is 6.79 Å². The van der Waals surface area contributed by atoms with Crippen LogP contribution < -0.4 is 14.8 Å². The van der Waals surface area contributed by atoms with Crippen molar-refractivity contribution in [1.29, 1.82) is 0 Å². The highest BCUT2D eigenvalue weighted by Crippen LogP contribution is 2.34. The Labute approximate surface area is 137 Å². The van der Waals surface area contributed by atoms with E-state index in [1.807, 2.05) is 49.4 Å². The summed E-state index contributed by atoms with van der Waals surface area (Å²) in [4.78, 5) is 12.1. The number of ether oxygens (including phenoxy) is 2. The van der Waals surface area contributed by atoms with Crippen LogP contribution in [0.2, 0.25) is 0 Å². The number of nitrogens with one attached hydrogen (secondary N) is 1. The minimum absolute atomic E-state index is 0.00695. The molecule has 0 radical (unpaired) electrons. The molecule has 0 aliphatic carbocycles. The van der Waals surface area contributed by atoms with Gasteiger partial charge in [-0.05, 0) is 42.3 Å². The maximum Gasteiger partial charge on any atom is 0.231 e. The quantitative estimate of drug-likeness (QED) is 0.904. The topological polar surface area (TPSA) is 47.6 Å². The summed E-state index contributed by atoms with van der Waals surface area (Å²) < 4.78 is 11.7. The third kappa shape index (κ3) is 3.42. The Morgan fingerprint density at radius 3 is 2.68 bits per heavy atom. The standard InChI is InChI=1S/C17H16BrNO3/c1-11(13-4-7-15-16(9-13)22-10-21-15)19-17(20)8-12-2-5-14(18)6-3-12/h2-7,9,11H,8,10H2,1H3,(H,19,20). The summed E-state index contributed by atoms with van der Waals surface area (Å²) in [5.74, 6) is 1.47. The molecule has 1 N–H and O–H groups in total. The molecule has 3 rings (SSSR count). The van der Waals surface area contributed by atoms with E-state index < -0.39 is 0 Å². The van der Waals surface area contributed by atoms with E-state index in [1.54, 1.807) is 0 Å². The minimum Gasteiger partial charge on any atom is -0.454 e. The molecule has 1 atom stereocenters. The number of fused-ring (bicyclic) bond motifs is 1. The van der Waals surface area contributed by atoms with Crippen molar-refractivity contribution in [3.63, 3.8) is 0 Å².